The van der Waals surface area contributed by atoms with Crippen molar-refractivity contribution in [1.29, 1.82) is 0 Å². The largest absolute Gasteiger partial charge is 0.457 e. The predicted molar refractivity (Wildman–Crippen MR) is 71.9 cm³/mol. The molecule has 0 aliphatic rings. The maximum atomic E-state index is 13.6. The second-order valence-electron chi connectivity index (χ2n) is 4.15. The quantitative estimate of drug-likeness (QED) is 0.711. The highest BCUT2D eigenvalue weighted by molar-refractivity contribution is 6.17. The average Bonchev–Trinajstić information content (AvgIpc) is 2.35. The maximum Gasteiger partial charge on any atom is 0.134 e. The molecule has 3 heteroatoms. The molecule has 0 unspecified atom stereocenters. The zero-order chi connectivity index (χ0) is 13.1. The highest BCUT2D eigenvalue weighted by atomic mass is 35.5. The van der Waals surface area contributed by atoms with Crippen LogP contribution in [-0.4, -0.2) is 0 Å². The van der Waals surface area contributed by atoms with E-state index in [1.165, 1.54) is 6.07 Å². The molecule has 1 nitrogen and oxygen atoms in total. The van der Waals surface area contributed by atoms with Crippen molar-refractivity contribution < 1.29 is 9.13 Å². The molecule has 0 saturated carbocycles. The van der Waals surface area contributed by atoms with Crippen LogP contribution in [0.1, 0.15) is 16.7 Å². The first kappa shape index (κ1) is 12.9. The van der Waals surface area contributed by atoms with Gasteiger partial charge in [0.15, 0.2) is 0 Å². The fraction of sp³-hybridized carbons (Fsp3) is 0.200. The van der Waals surface area contributed by atoms with Crippen molar-refractivity contribution in [2.45, 2.75) is 19.7 Å². The fourth-order valence-electron chi connectivity index (χ4n) is 1.72. The number of alkyl halides is 1. The third-order valence-corrected chi connectivity index (χ3v) is 3.25. The highest BCUT2D eigenvalue weighted by Crippen LogP contribution is 2.31. The van der Waals surface area contributed by atoms with Crippen LogP contribution in [0, 0.1) is 19.7 Å². The smallest absolute Gasteiger partial charge is 0.134 e. The maximum absolute atomic E-state index is 13.6. The van der Waals surface area contributed by atoms with Gasteiger partial charge < -0.3 is 4.74 Å². The van der Waals surface area contributed by atoms with Crippen LogP contribution < -0.4 is 4.74 Å². The van der Waals surface area contributed by atoms with Crippen molar-refractivity contribution >= 4 is 11.6 Å². The molecule has 0 aromatic heterocycles. The lowest BCUT2D eigenvalue weighted by atomic mass is 10.1. The van der Waals surface area contributed by atoms with Gasteiger partial charge in [-0.05, 0) is 43.2 Å². The minimum absolute atomic E-state index is 0.0901. The van der Waals surface area contributed by atoms with Gasteiger partial charge in [-0.3, -0.25) is 0 Å². The first-order valence-electron chi connectivity index (χ1n) is 5.71. The highest BCUT2D eigenvalue weighted by Gasteiger charge is 2.10. The Hall–Kier alpha value is -1.54. The summed E-state index contributed by atoms with van der Waals surface area (Å²) in [5.74, 6) is 0.950. The Bertz CT molecular complexity index is 566. The van der Waals surface area contributed by atoms with E-state index < -0.39 is 0 Å². The molecular formula is C15H14ClFO. The summed E-state index contributed by atoms with van der Waals surface area (Å²) < 4.78 is 19.3. The minimum atomic E-state index is -0.340. The molecule has 0 amide bonds. The fourth-order valence-corrected chi connectivity index (χ4v) is 1.98. The first-order valence-corrected chi connectivity index (χ1v) is 6.24. The summed E-state index contributed by atoms with van der Waals surface area (Å²) in [6.45, 7) is 3.99. The van der Waals surface area contributed by atoms with E-state index >= 15 is 0 Å². The molecule has 0 saturated heterocycles. The zero-order valence-corrected chi connectivity index (χ0v) is 11.1. The summed E-state index contributed by atoms with van der Waals surface area (Å²) in [6.07, 6.45) is 0. The normalized spacial score (nSPS) is 10.4. The molecule has 18 heavy (non-hydrogen) atoms. The Morgan fingerprint density at radius 1 is 1.06 bits per heavy atom. The van der Waals surface area contributed by atoms with E-state index in [9.17, 15) is 4.39 Å². The molecule has 0 bridgehead atoms. The van der Waals surface area contributed by atoms with Crippen LogP contribution in [0.4, 0.5) is 4.39 Å². The molecule has 0 radical (unpaired) electrons. The summed E-state index contributed by atoms with van der Waals surface area (Å²) >= 11 is 5.75. The van der Waals surface area contributed by atoms with Crippen molar-refractivity contribution in [1.82, 2.24) is 0 Å². The van der Waals surface area contributed by atoms with Gasteiger partial charge in [0.1, 0.15) is 17.3 Å². The third kappa shape index (κ3) is 2.49. The molecule has 0 fully saturated rings. The van der Waals surface area contributed by atoms with Gasteiger partial charge in [-0.1, -0.05) is 18.2 Å². The first-order chi connectivity index (χ1) is 8.63. The molecule has 0 spiro atoms. The number of benzene rings is 2. The van der Waals surface area contributed by atoms with E-state index in [-0.39, 0.29) is 11.7 Å². The topological polar surface area (TPSA) is 9.23 Å². The van der Waals surface area contributed by atoms with Crippen molar-refractivity contribution in [2.75, 3.05) is 0 Å². The Morgan fingerprint density at radius 2 is 1.72 bits per heavy atom. The molecule has 0 atom stereocenters. The summed E-state index contributed by atoms with van der Waals surface area (Å²) in [6, 6.07) is 10.5. The third-order valence-electron chi connectivity index (χ3n) is 2.98. The van der Waals surface area contributed by atoms with Crippen molar-refractivity contribution in [2.24, 2.45) is 0 Å². The van der Waals surface area contributed by atoms with Crippen LogP contribution in [0.2, 0.25) is 0 Å². The molecule has 0 aliphatic carbocycles. The molecule has 94 valence electrons. The van der Waals surface area contributed by atoms with Crippen LogP contribution in [0.25, 0.3) is 0 Å². The van der Waals surface area contributed by atoms with E-state index in [1.807, 2.05) is 32.0 Å². The van der Waals surface area contributed by atoms with Gasteiger partial charge in [0.05, 0.1) is 5.88 Å². The lowest BCUT2D eigenvalue weighted by Gasteiger charge is -2.13. The van der Waals surface area contributed by atoms with Crippen LogP contribution >= 0.6 is 11.6 Å². The van der Waals surface area contributed by atoms with Crippen molar-refractivity contribution in [3.05, 3.63) is 58.9 Å². The molecule has 2 aromatic carbocycles. The van der Waals surface area contributed by atoms with Gasteiger partial charge in [0, 0.05) is 5.56 Å². The van der Waals surface area contributed by atoms with E-state index in [4.69, 9.17) is 16.3 Å². The minimum Gasteiger partial charge on any atom is -0.457 e. The lowest BCUT2D eigenvalue weighted by Crippen LogP contribution is -1.95. The van der Waals surface area contributed by atoms with Gasteiger partial charge in [-0.15, -0.1) is 11.6 Å². The predicted octanol–water partition coefficient (Wildman–Crippen LogP) is 4.97. The van der Waals surface area contributed by atoms with Crippen LogP contribution in [0.15, 0.2) is 36.4 Å². The van der Waals surface area contributed by atoms with Crippen molar-refractivity contribution in [3.8, 4) is 11.5 Å². The summed E-state index contributed by atoms with van der Waals surface area (Å²) in [4.78, 5) is 0. The monoisotopic (exact) mass is 264 g/mol. The number of rotatable bonds is 3. The van der Waals surface area contributed by atoms with E-state index in [2.05, 4.69) is 0 Å². The second-order valence-corrected chi connectivity index (χ2v) is 4.42. The Balaban J connectivity index is 2.40. The van der Waals surface area contributed by atoms with Gasteiger partial charge in [-0.2, -0.15) is 0 Å². The summed E-state index contributed by atoms with van der Waals surface area (Å²) in [7, 11) is 0. The Kier molecular flexibility index (Phi) is 3.87. The van der Waals surface area contributed by atoms with Gasteiger partial charge in [-0.25, -0.2) is 4.39 Å². The summed E-state index contributed by atoms with van der Waals surface area (Å²) in [5, 5.41) is 0. The van der Waals surface area contributed by atoms with Crippen LogP contribution in [0.3, 0.4) is 0 Å². The molecule has 0 heterocycles. The number of hydrogen-bond donors (Lipinski definition) is 0. The van der Waals surface area contributed by atoms with Crippen molar-refractivity contribution in [3.63, 3.8) is 0 Å². The average molecular weight is 265 g/mol. The van der Waals surface area contributed by atoms with E-state index in [0.717, 1.165) is 16.9 Å². The molecule has 0 aliphatic heterocycles. The van der Waals surface area contributed by atoms with Crippen LogP contribution in [-0.2, 0) is 5.88 Å². The molecule has 0 N–H and O–H groups in total. The standard InChI is InChI=1S/C15H14ClFO/c1-10-5-3-7-14(11(10)2)18-15-8-4-6-13(17)12(15)9-16/h3-8H,9H2,1-2H3. The number of aryl methyl sites for hydroxylation is 1. The van der Waals surface area contributed by atoms with Gasteiger partial charge in [0.25, 0.3) is 0 Å². The lowest BCUT2D eigenvalue weighted by molar-refractivity contribution is 0.466. The van der Waals surface area contributed by atoms with Gasteiger partial charge in [0.2, 0.25) is 0 Å². The van der Waals surface area contributed by atoms with Gasteiger partial charge >= 0.3 is 0 Å². The Labute approximate surface area is 111 Å². The molecule has 2 rings (SSSR count). The number of hydrogen-bond acceptors (Lipinski definition) is 1. The van der Waals surface area contributed by atoms with E-state index in [1.54, 1.807) is 12.1 Å². The molecular weight excluding hydrogens is 251 g/mol. The Morgan fingerprint density at radius 3 is 2.44 bits per heavy atom. The zero-order valence-electron chi connectivity index (χ0n) is 10.3. The number of halogens is 2. The van der Waals surface area contributed by atoms with E-state index in [0.29, 0.717) is 11.3 Å². The molecule has 2 aromatic rings. The second kappa shape index (κ2) is 5.40. The number of ether oxygens (including phenoxy) is 1. The van der Waals surface area contributed by atoms with Crippen LogP contribution in [0.5, 0.6) is 11.5 Å². The SMILES string of the molecule is Cc1cccc(Oc2cccc(F)c2CCl)c1C. The summed E-state index contributed by atoms with van der Waals surface area (Å²) in [5.41, 5.74) is 2.57.